The molecule has 0 atom stereocenters. The number of aliphatic hydroxyl groups excluding tert-OH is 1. The predicted molar refractivity (Wildman–Crippen MR) is 72.4 cm³/mol. The second-order valence-electron chi connectivity index (χ2n) is 4.31. The van der Waals surface area contributed by atoms with Crippen LogP contribution in [0.4, 0.5) is 0 Å². The van der Waals surface area contributed by atoms with Gasteiger partial charge in [0.2, 0.25) is 0 Å². The first-order valence-electron chi connectivity index (χ1n) is 6.21. The maximum atomic E-state index is 8.79. The Bertz CT molecular complexity index is 355. The molecular weight excluding hydrogens is 230 g/mol. The van der Waals surface area contributed by atoms with E-state index in [1.165, 1.54) is 0 Å². The third-order valence-corrected chi connectivity index (χ3v) is 2.95. The predicted octanol–water partition coefficient (Wildman–Crippen LogP) is 1.56. The molecule has 0 radical (unpaired) electrons. The first kappa shape index (κ1) is 14.8. The molecule has 0 unspecified atom stereocenters. The van der Waals surface area contributed by atoms with Gasteiger partial charge in [0, 0.05) is 19.7 Å². The number of rotatable bonds is 8. The maximum Gasteiger partial charge on any atom is 0.122 e. The van der Waals surface area contributed by atoms with Gasteiger partial charge < -0.3 is 19.5 Å². The van der Waals surface area contributed by atoms with Crippen LogP contribution in [0.1, 0.15) is 12.0 Å². The number of likely N-dealkylation sites (N-methyl/N-ethyl adjacent to an activating group) is 1. The average Bonchev–Trinajstić information content (AvgIpc) is 2.42. The lowest BCUT2D eigenvalue weighted by molar-refractivity contribution is 0.248. The maximum absolute atomic E-state index is 8.79. The fourth-order valence-electron chi connectivity index (χ4n) is 1.84. The van der Waals surface area contributed by atoms with E-state index in [9.17, 15) is 0 Å². The third kappa shape index (κ3) is 4.55. The van der Waals surface area contributed by atoms with Crippen LogP contribution in [0.2, 0.25) is 0 Å². The van der Waals surface area contributed by atoms with Crippen molar-refractivity contribution in [3.05, 3.63) is 23.8 Å². The number of hydrogen-bond donors (Lipinski definition) is 1. The number of nitrogens with zero attached hydrogens (tertiary/aromatic N) is 1. The molecule has 0 heterocycles. The molecule has 0 aliphatic rings. The van der Waals surface area contributed by atoms with Gasteiger partial charge in [-0.2, -0.15) is 0 Å². The van der Waals surface area contributed by atoms with Crippen molar-refractivity contribution in [2.45, 2.75) is 12.8 Å². The lowest BCUT2D eigenvalue weighted by atomic mass is 10.1. The van der Waals surface area contributed by atoms with Crippen LogP contribution in [0, 0.1) is 0 Å². The highest BCUT2D eigenvalue weighted by atomic mass is 16.5. The summed E-state index contributed by atoms with van der Waals surface area (Å²) in [5.41, 5.74) is 1.15. The third-order valence-electron chi connectivity index (χ3n) is 2.95. The second kappa shape index (κ2) is 7.95. The molecule has 0 spiro atoms. The largest absolute Gasteiger partial charge is 0.497 e. The lowest BCUT2D eigenvalue weighted by Gasteiger charge is -2.17. The van der Waals surface area contributed by atoms with Crippen LogP contribution in [0.15, 0.2) is 18.2 Å². The highest BCUT2D eigenvalue weighted by molar-refractivity contribution is 5.40. The van der Waals surface area contributed by atoms with E-state index in [1.54, 1.807) is 14.2 Å². The van der Waals surface area contributed by atoms with Gasteiger partial charge >= 0.3 is 0 Å². The molecule has 1 rings (SSSR count). The molecule has 1 N–H and O–H groups in total. The molecule has 0 aliphatic heterocycles. The molecule has 0 saturated heterocycles. The first-order valence-corrected chi connectivity index (χ1v) is 6.21. The van der Waals surface area contributed by atoms with E-state index in [-0.39, 0.29) is 6.61 Å². The van der Waals surface area contributed by atoms with Crippen molar-refractivity contribution in [3.63, 3.8) is 0 Å². The van der Waals surface area contributed by atoms with Crippen LogP contribution in [0.5, 0.6) is 11.5 Å². The van der Waals surface area contributed by atoms with Gasteiger partial charge in [0.05, 0.1) is 14.2 Å². The molecule has 0 bridgehead atoms. The van der Waals surface area contributed by atoms with Gasteiger partial charge in [-0.05, 0) is 43.7 Å². The Labute approximate surface area is 109 Å². The van der Waals surface area contributed by atoms with Crippen molar-refractivity contribution in [3.8, 4) is 11.5 Å². The van der Waals surface area contributed by atoms with E-state index in [0.29, 0.717) is 0 Å². The highest BCUT2D eigenvalue weighted by Crippen LogP contribution is 2.24. The molecule has 0 aliphatic carbocycles. The summed E-state index contributed by atoms with van der Waals surface area (Å²) in [5.74, 6) is 1.75. The van der Waals surface area contributed by atoms with Crippen molar-refractivity contribution in [1.82, 2.24) is 4.90 Å². The fourth-order valence-corrected chi connectivity index (χ4v) is 1.84. The zero-order chi connectivity index (χ0) is 13.4. The Morgan fingerprint density at radius 1 is 1.17 bits per heavy atom. The molecule has 4 heteroatoms. The van der Waals surface area contributed by atoms with Crippen molar-refractivity contribution in [2.75, 3.05) is 41.0 Å². The second-order valence-corrected chi connectivity index (χ2v) is 4.31. The summed E-state index contributed by atoms with van der Waals surface area (Å²) < 4.78 is 10.6. The topological polar surface area (TPSA) is 41.9 Å². The number of aliphatic hydroxyl groups is 1. The Hall–Kier alpha value is -1.26. The van der Waals surface area contributed by atoms with Gasteiger partial charge in [-0.15, -0.1) is 0 Å². The van der Waals surface area contributed by atoms with Crippen molar-refractivity contribution < 1.29 is 14.6 Å². The smallest absolute Gasteiger partial charge is 0.122 e. The molecular formula is C14H23NO3. The van der Waals surface area contributed by atoms with E-state index < -0.39 is 0 Å². The van der Waals surface area contributed by atoms with Crippen LogP contribution in [-0.4, -0.2) is 51.0 Å². The number of ether oxygens (including phenoxy) is 2. The summed E-state index contributed by atoms with van der Waals surface area (Å²) >= 11 is 0. The minimum atomic E-state index is 0.243. The molecule has 0 fully saturated rings. The minimum absolute atomic E-state index is 0.243. The van der Waals surface area contributed by atoms with E-state index in [4.69, 9.17) is 14.6 Å². The van der Waals surface area contributed by atoms with Crippen LogP contribution in [0.3, 0.4) is 0 Å². The first-order chi connectivity index (χ1) is 8.71. The molecule has 18 heavy (non-hydrogen) atoms. The van der Waals surface area contributed by atoms with Crippen molar-refractivity contribution >= 4 is 0 Å². The Balaban J connectivity index is 2.59. The lowest BCUT2D eigenvalue weighted by Crippen LogP contribution is -2.23. The highest BCUT2D eigenvalue weighted by Gasteiger charge is 2.06. The standard InChI is InChI=1S/C14H23NO3/c1-15(8-4-10-16)9-7-12-11-13(17-2)5-6-14(12)18-3/h5-6,11,16H,4,7-10H2,1-3H3. The van der Waals surface area contributed by atoms with E-state index in [2.05, 4.69) is 11.9 Å². The molecule has 4 nitrogen and oxygen atoms in total. The van der Waals surface area contributed by atoms with Gasteiger partial charge in [0.25, 0.3) is 0 Å². The fraction of sp³-hybridized carbons (Fsp3) is 0.571. The Morgan fingerprint density at radius 3 is 2.56 bits per heavy atom. The summed E-state index contributed by atoms with van der Waals surface area (Å²) in [6.45, 7) is 2.08. The van der Waals surface area contributed by atoms with Gasteiger partial charge in [-0.3, -0.25) is 0 Å². The molecule has 1 aromatic carbocycles. The average molecular weight is 253 g/mol. The summed E-state index contributed by atoms with van der Waals surface area (Å²) in [6.07, 6.45) is 1.72. The van der Waals surface area contributed by atoms with Gasteiger partial charge in [0.1, 0.15) is 11.5 Å². The molecule has 102 valence electrons. The van der Waals surface area contributed by atoms with Gasteiger partial charge in [-0.1, -0.05) is 0 Å². The van der Waals surface area contributed by atoms with E-state index >= 15 is 0 Å². The van der Waals surface area contributed by atoms with Crippen LogP contribution in [0.25, 0.3) is 0 Å². The zero-order valence-electron chi connectivity index (χ0n) is 11.5. The van der Waals surface area contributed by atoms with Gasteiger partial charge in [0.15, 0.2) is 0 Å². The van der Waals surface area contributed by atoms with E-state index in [1.807, 2.05) is 18.2 Å². The zero-order valence-corrected chi connectivity index (χ0v) is 11.5. The number of hydrogen-bond acceptors (Lipinski definition) is 4. The van der Waals surface area contributed by atoms with Gasteiger partial charge in [-0.25, -0.2) is 0 Å². The van der Waals surface area contributed by atoms with Crippen LogP contribution in [-0.2, 0) is 6.42 Å². The normalized spacial score (nSPS) is 10.7. The Kier molecular flexibility index (Phi) is 6.54. The minimum Gasteiger partial charge on any atom is -0.497 e. The quantitative estimate of drug-likeness (QED) is 0.763. The summed E-state index contributed by atoms with van der Waals surface area (Å²) in [4.78, 5) is 2.20. The Morgan fingerprint density at radius 2 is 1.94 bits per heavy atom. The summed E-state index contributed by atoms with van der Waals surface area (Å²) in [7, 11) is 5.40. The number of methoxy groups -OCH3 is 2. The summed E-state index contributed by atoms with van der Waals surface area (Å²) in [5, 5.41) is 8.79. The molecule has 0 amide bonds. The van der Waals surface area contributed by atoms with E-state index in [0.717, 1.165) is 43.0 Å². The molecule has 0 aromatic heterocycles. The van der Waals surface area contributed by atoms with Crippen molar-refractivity contribution in [1.29, 1.82) is 0 Å². The number of benzene rings is 1. The summed E-state index contributed by atoms with van der Waals surface area (Å²) in [6, 6.07) is 5.85. The SMILES string of the molecule is COc1ccc(OC)c(CCN(C)CCCO)c1. The van der Waals surface area contributed by atoms with Crippen LogP contribution < -0.4 is 9.47 Å². The van der Waals surface area contributed by atoms with Crippen molar-refractivity contribution in [2.24, 2.45) is 0 Å². The molecule has 1 aromatic rings. The van der Waals surface area contributed by atoms with Crippen LogP contribution >= 0.6 is 0 Å². The molecule has 0 saturated carbocycles. The monoisotopic (exact) mass is 253 g/mol.